The summed E-state index contributed by atoms with van der Waals surface area (Å²) in [4.78, 5) is 25.3. The van der Waals surface area contributed by atoms with Crippen LogP contribution < -0.4 is 15.2 Å². The number of carbonyl (C=O) groups excluding carboxylic acids is 2. The standard InChI is InChI=1S/C25H26F3NO7/c1-3-33-22(31)24(23(32)34-4-2)35-19-9-8-16-17(21(19)36-24)11-14(20(16)29)12-18(30)13-6-5-7-15(10-13)25(26,27)28/h5-10,14,18,20,30H,3-4,11-12,29H2,1-2H3. The summed E-state index contributed by atoms with van der Waals surface area (Å²) in [5.74, 6) is -4.68. The van der Waals surface area contributed by atoms with Crippen molar-refractivity contribution >= 4 is 11.9 Å². The van der Waals surface area contributed by atoms with Crippen LogP contribution in [0.2, 0.25) is 0 Å². The fraction of sp³-hybridized carbons (Fsp3) is 0.440. The van der Waals surface area contributed by atoms with Crippen LogP contribution in [0.4, 0.5) is 13.2 Å². The van der Waals surface area contributed by atoms with Gasteiger partial charge in [0.1, 0.15) is 0 Å². The summed E-state index contributed by atoms with van der Waals surface area (Å²) in [7, 11) is 0. The third-order valence-corrected chi connectivity index (χ3v) is 6.31. The van der Waals surface area contributed by atoms with E-state index in [1.807, 2.05) is 0 Å². The number of alkyl halides is 3. The van der Waals surface area contributed by atoms with Gasteiger partial charge in [0.15, 0.2) is 11.5 Å². The number of hydrogen-bond acceptors (Lipinski definition) is 8. The molecule has 3 atom stereocenters. The van der Waals surface area contributed by atoms with Gasteiger partial charge in [-0.1, -0.05) is 18.2 Å². The molecule has 0 saturated carbocycles. The lowest BCUT2D eigenvalue weighted by Crippen LogP contribution is -2.56. The Kier molecular flexibility index (Phi) is 6.89. The van der Waals surface area contributed by atoms with Gasteiger partial charge in [-0.05, 0) is 61.9 Å². The van der Waals surface area contributed by atoms with E-state index in [2.05, 4.69) is 0 Å². The summed E-state index contributed by atoms with van der Waals surface area (Å²) < 4.78 is 60.7. The normalized spacial score (nSPS) is 20.5. The molecule has 0 radical (unpaired) electrons. The van der Waals surface area contributed by atoms with Crippen molar-refractivity contribution in [3.05, 3.63) is 58.7 Å². The van der Waals surface area contributed by atoms with Crippen LogP contribution in [0.25, 0.3) is 0 Å². The SMILES string of the molecule is CCOC(=O)C1(C(=O)OCC)Oc2ccc3c(c2O1)CC(CC(O)c1cccc(C(F)(F)F)c1)C3N. The van der Waals surface area contributed by atoms with Crippen molar-refractivity contribution in [1.29, 1.82) is 0 Å². The average molecular weight is 509 g/mol. The van der Waals surface area contributed by atoms with Gasteiger partial charge in [0, 0.05) is 11.6 Å². The third kappa shape index (κ3) is 4.48. The van der Waals surface area contributed by atoms with Crippen molar-refractivity contribution in [2.24, 2.45) is 11.7 Å². The zero-order valence-corrected chi connectivity index (χ0v) is 19.6. The molecule has 0 amide bonds. The summed E-state index contributed by atoms with van der Waals surface area (Å²) in [6.45, 7) is 3.08. The zero-order chi connectivity index (χ0) is 26.3. The molecule has 4 rings (SSSR count). The Balaban J connectivity index is 1.58. The number of halogens is 3. The molecule has 2 aromatic rings. The summed E-state index contributed by atoms with van der Waals surface area (Å²) >= 11 is 0. The van der Waals surface area contributed by atoms with Gasteiger partial charge in [-0.3, -0.25) is 0 Å². The van der Waals surface area contributed by atoms with Crippen LogP contribution in [0.5, 0.6) is 11.5 Å². The maximum atomic E-state index is 13.1. The predicted octanol–water partition coefficient (Wildman–Crippen LogP) is 3.59. The first-order valence-corrected chi connectivity index (χ1v) is 11.5. The molecule has 1 aliphatic heterocycles. The molecule has 0 bridgehead atoms. The highest BCUT2D eigenvalue weighted by Crippen LogP contribution is 2.51. The van der Waals surface area contributed by atoms with Crippen LogP contribution >= 0.6 is 0 Å². The molecule has 1 aliphatic carbocycles. The van der Waals surface area contributed by atoms with E-state index in [0.717, 1.165) is 12.1 Å². The topological polar surface area (TPSA) is 117 Å². The van der Waals surface area contributed by atoms with Crippen LogP contribution in [0, 0.1) is 5.92 Å². The van der Waals surface area contributed by atoms with Crippen LogP contribution in [0.15, 0.2) is 36.4 Å². The number of aliphatic hydroxyl groups is 1. The van der Waals surface area contributed by atoms with E-state index in [4.69, 9.17) is 24.7 Å². The van der Waals surface area contributed by atoms with Gasteiger partial charge in [0.05, 0.1) is 24.9 Å². The molecule has 0 spiro atoms. The second-order valence-corrected chi connectivity index (χ2v) is 8.59. The van der Waals surface area contributed by atoms with Crippen LogP contribution in [0.1, 0.15) is 54.7 Å². The molecule has 11 heteroatoms. The number of fused-ring (bicyclic) bond motifs is 3. The number of aliphatic hydroxyl groups excluding tert-OH is 1. The second-order valence-electron chi connectivity index (χ2n) is 8.59. The molecule has 0 aromatic heterocycles. The Hall–Kier alpha value is -3.31. The summed E-state index contributed by atoms with van der Waals surface area (Å²) in [6.07, 6.45) is -5.37. The third-order valence-electron chi connectivity index (χ3n) is 6.31. The monoisotopic (exact) mass is 509 g/mol. The van der Waals surface area contributed by atoms with E-state index in [0.29, 0.717) is 11.1 Å². The van der Waals surface area contributed by atoms with E-state index in [9.17, 15) is 27.9 Å². The minimum atomic E-state index is -4.53. The van der Waals surface area contributed by atoms with Crippen molar-refractivity contribution < 1.29 is 46.8 Å². The fourth-order valence-corrected chi connectivity index (χ4v) is 4.58. The molecule has 36 heavy (non-hydrogen) atoms. The summed E-state index contributed by atoms with van der Waals surface area (Å²) in [6, 6.07) is 7.13. The van der Waals surface area contributed by atoms with Crippen molar-refractivity contribution in [1.82, 2.24) is 0 Å². The van der Waals surface area contributed by atoms with Crippen LogP contribution in [0.3, 0.4) is 0 Å². The fourth-order valence-electron chi connectivity index (χ4n) is 4.58. The molecule has 2 aliphatic rings. The van der Waals surface area contributed by atoms with E-state index >= 15 is 0 Å². The Morgan fingerprint density at radius 1 is 1.14 bits per heavy atom. The summed E-state index contributed by atoms with van der Waals surface area (Å²) in [5, 5.41) is 10.7. The lowest BCUT2D eigenvalue weighted by Gasteiger charge is -2.22. The predicted molar refractivity (Wildman–Crippen MR) is 119 cm³/mol. The van der Waals surface area contributed by atoms with Gasteiger partial charge in [-0.2, -0.15) is 13.2 Å². The van der Waals surface area contributed by atoms with Crippen molar-refractivity contribution in [2.75, 3.05) is 13.2 Å². The van der Waals surface area contributed by atoms with Crippen molar-refractivity contribution in [2.45, 2.75) is 50.8 Å². The smallest absolute Gasteiger partial charge is 0.453 e. The second kappa shape index (κ2) is 9.62. The van der Waals surface area contributed by atoms with Gasteiger partial charge in [-0.25, -0.2) is 9.59 Å². The highest BCUT2D eigenvalue weighted by atomic mass is 19.4. The lowest BCUT2D eigenvalue weighted by atomic mass is 9.91. The number of ether oxygens (including phenoxy) is 4. The lowest BCUT2D eigenvalue weighted by molar-refractivity contribution is -0.202. The Morgan fingerprint density at radius 2 is 1.81 bits per heavy atom. The number of hydrogen-bond donors (Lipinski definition) is 2. The number of rotatable bonds is 7. The van der Waals surface area contributed by atoms with E-state index in [-0.39, 0.29) is 49.0 Å². The number of nitrogens with two attached hydrogens (primary N) is 1. The highest BCUT2D eigenvalue weighted by Gasteiger charge is 2.60. The number of carbonyl (C=O) groups is 2. The molecule has 2 aromatic carbocycles. The van der Waals surface area contributed by atoms with Crippen molar-refractivity contribution in [3.63, 3.8) is 0 Å². The van der Waals surface area contributed by atoms with E-state index < -0.39 is 41.6 Å². The van der Waals surface area contributed by atoms with Gasteiger partial charge >= 0.3 is 23.9 Å². The Bertz CT molecular complexity index is 1150. The molecule has 3 unspecified atom stereocenters. The van der Waals surface area contributed by atoms with E-state index in [1.54, 1.807) is 19.9 Å². The zero-order valence-electron chi connectivity index (χ0n) is 19.6. The first-order chi connectivity index (χ1) is 17.0. The molecule has 194 valence electrons. The maximum absolute atomic E-state index is 13.1. The number of esters is 2. The first-order valence-electron chi connectivity index (χ1n) is 11.5. The van der Waals surface area contributed by atoms with Gasteiger partial charge < -0.3 is 29.8 Å². The largest absolute Gasteiger partial charge is 0.460 e. The molecule has 8 nitrogen and oxygen atoms in total. The Morgan fingerprint density at radius 3 is 2.42 bits per heavy atom. The number of benzene rings is 2. The molecule has 0 saturated heterocycles. The van der Waals surface area contributed by atoms with Gasteiger partial charge in [0.2, 0.25) is 0 Å². The first kappa shape index (κ1) is 25.8. The minimum absolute atomic E-state index is 0.0263. The molecular weight excluding hydrogens is 483 g/mol. The molecular formula is C25H26F3NO7. The highest BCUT2D eigenvalue weighted by molar-refractivity contribution is 6.03. The Labute approximate surface area is 205 Å². The minimum Gasteiger partial charge on any atom is -0.460 e. The molecule has 0 fully saturated rings. The molecule has 3 N–H and O–H groups in total. The van der Waals surface area contributed by atoms with Gasteiger partial charge in [0.25, 0.3) is 0 Å². The maximum Gasteiger partial charge on any atom is 0.453 e. The average Bonchev–Trinajstić information content (AvgIpc) is 3.38. The quantitative estimate of drug-likeness (QED) is 0.430. The molecule has 1 heterocycles. The summed E-state index contributed by atoms with van der Waals surface area (Å²) in [5.41, 5.74) is 6.93. The van der Waals surface area contributed by atoms with Crippen LogP contribution in [-0.2, 0) is 31.7 Å². The van der Waals surface area contributed by atoms with Crippen LogP contribution in [-0.4, -0.2) is 36.0 Å². The van der Waals surface area contributed by atoms with Gasteiger partial charge in [-0.15, -0.1) is 0 Å². The van der Waals surface area contributed by atoms with Crippen molar-refractivity contribution in [3.8, 4) is 11.5 Å². The van der Waals surface area contributed by atoms with E-state index in [1.165, 1.54) is 18.2 Å².